The maximum atomic E-state index is 14.8. The molecule has 0 bridgehead atoms. The molecule has 0 spiro atoms. The van der Waals surface area contributed by atoms with Crippen LogP contribution in [0.3, 0.4) is 0 Å². The SMILES string of the molecule is CC(C)C(C(=O)C(F)(F)C(F)(F)C(F)(F)C(F)(F)F)N1CCCCC1C(=O)NC(=O)[C@@H](NC(=O)c1ccc(C(=O)N2CCOCC2)cc1)C(C)C. The fourth-order valence-corrected chi connectivity index (χ4v) is 5.88. The van der Waals surface area contributed by atoms with Crippen molar-refractivity contribution in [2.75, 3.05) is 32.8 Å². The third kappa shape index (κ3) is 8.67. The van der Waals surface area contributed by atoms with Crippen LogP contribution in [-0.4, -0.2) is 114 Å². The number of hydrogen-bond donors (Lipinski definition) is 2. The van der Waals surface area contributed by atoms with E-state index in [1.807, 2.05) is 5.32 Å². The second-order valence-corrected chi connectivity index (χ2v) is 13.1. The van der Waals surface area contributed by atoms with Crippen molar-refractivity contribution in [2.24, 2.45) is 11.8 Å². The van der Waals surface area contributed by atoms with Gasteiger partial charge in [-0.15, -0.1) is 0 Å². The van der Waals surface area contributed by atoms with Gasteiger partial charge in [0.25, 0.3) is 11.8 Å². The number of amides is 4. The average Bonchev–Trinajstić information content (AvgIpc) is 3.06. The van der Waals surface area contributed by atoms with Gasteiger partial charge in [-0.2, -0.15) is 39.5 Å². The summed E-state index contributed by atoms with van der Waals surface area (Å²) >= 11 is 0. The molecule has 19 heteroatoms. The van der Waals surface area contributed by atoms with Crippen LogP contribution < -0.4 is 10.6 Å². The van der Waals surface area contributed by atoms with Crippen LogP contribution in [0.25, 0.3) is 0 Å². The van der Waals surface area contributed by atoms with Crippen molar-refractivity contribution < 1.29 is 68.2 Å². The van der Waals surface area contributed by atoms with Crippen molar-refractivity contribution in [1.29, 1.82) is 0 Å². The minimum absolute atomic E-state index is 0.0453. The Bertz CT molecular complexity index is 1450. The number of carbonyl (C=O) groups excluding carboxylic acids is 5. The van der Waals surface area contributed by atoms with Crippen molar-refractivity contribution in [3.63, 3.8) is 0 Å². The molecule has 2 unspecified atom stereocenters. The molecule has 2 heterocycles. The van der Waals surface area contributed by atoms with E-state index in [0.29, 0.717) is 36.8 Å². The number of ether oxygens (including phenoxy) is 1. The van der Waals surface area contributed by atoms with Gasteiger partial charge in [0.05, 0.1) is 25.3 Å². The van der Waals surface area contributed by atoms with Gasteiger partial charge in [0.2, 0.25) is 17.6 Å². The first-order valence-electron chi connectivity index (χ1n) is 16.1. The number of benzene rings is 1. The van der Waals surface area contributed by atoms with Gasteiger partial charge in [0, 0.05) is 24.2 Å². The number of alkyl halides is 9. The number of nitrogens with one attached hydrogen (secondary N) is 2. The molecule has 0 radical (unpaired) electrons. The van der Waals surface area contributed by atoms with E-state index in [2.05, 4.69) is 5.32 Å². The molecule has 2 N–H and O–H groups in total. The van der Waals surface area contributed by atoms with Crippen LogP contribution in [0.4, 0.5) is 39.5 Å². The molecular formula is C32H39F9N4O6. The fourth-order valence-electron chi connectivity index (χ4n) is 5.88. The minimum Gasteiger partial charge on any atom is -0.378 e. The van der Waals surface area contributed by atoms with E-state index in [4.69, 9.17) is 4.74 Å². The largest absolute Gasteiger partial charge is 0.460 e. The first-order chi connectivity index (χ1) is 23.5. The van der Waals surface area contributed by atoms with E-state index in [0.717, 1.165) is 13.8 Å². The minimum atomic E-state index is -7.29. The highest BCUT2D eigenvalue weighted by Crippen LogP contribution is 2.54. The molecule has 0 aromatic heterocycles. The molecule has 10 nitrogen and oxygen atoms in total. The molecule has 2 aliphatic rings. The van der Waals surface area contributed by atoms with Gasteiger partial charge in [-0.25, -0.2) is 0 Å². The lowest BCUT2D eigenvalue weighted by molar-refractivity contribution is -0.388. The summed E-state index contributed by atoms with van der Waals surface area (Å²) in [7, 11) is 0. The summed E-state index contributed by atoms with van der Waals surface area (Å²) in [6, 6.07) is 0.0323. The maximum absolute atomic E-state index is 14.8. The highest BCUT2D eigenvalue weighted by atomic mass is 19.4. The molecular weight excluding hydrogens is 707 g/mol. The number of nitrogens with zero attached hydrogens (tertiary/aromatic N) is 2. The summed E-state index contributed by atoms with van der Waals surface area (Å²) in [5.74, 6) is -29.4. The van der Waals surface area contributed by atoms with Crippen LogP contribution >= 0.6 is 0 Å². The standard InChI is InChI=1S/C32H39F9N4O6/c1-17(2)22(42-25(47)19-8-10-20(11-9-19)28(50)44-13-15-51-16-14-44)27(49)43-26(48)21-7-5-6-12-45(21)23(18(3)4)24(46)29(33,34)30(35,36)31(37,38)32(39,40)41/h8-11,17-18,21-23H,5-7,12-16H2,1-4H3,(H,42,47)(H,43,48,49)/t21?,22-,23?/m0/s1. The first kappa shape index (κ1) is 41.7. The summed E-state index contributed by atoms with van der Waals surface area (Å²) < 4.78 is 129. The number of ketones is 1. The predicted molar refractivity (Wildman–Crippen MR) is 161 cm³/mol. The summed E-state index contributed by atoms with van der Waals surface area (Å²) in [5, 5.41) is 4.47. The van der Waals surface area contributed by atoms with E-state index < -0.39 is 84.0 Å². The van der Waals surface area contributed by atoms with E-state index in [1.54, 1.807) is 4.90 Å². The maximum Gasteiger partial charge on any atom is 0.460 e. The zero-order valence-corrected chi connectivity index (χ0v) is 28.1. The number of Topliss-reactive ketones (excluding diaryl/α,β-unsaturated/α-hetero) is 1. The number of morpholine rings is 1. The summed E-state index contributed by atoms with van der Waals surface area (Å²) in [6.45, 7) is 6.24. The molecule has 0 aliphatic carbocycles. The number of hydrogen-bond acceptors (Lipinski definition) is 7. The summed E-state index contributed by atoms with van der Waals surface area (Å²) in [5.41, 5.74) is 0.340. The molecule has 4 amide bonds. The topological polar surface area (TPSA) is 125 Å². The Hall–Kier alpha value is -3.74. The van der Waals surface area contributed by atoms with Crippen LogP contribution in [0, 0.1) is 11.8 Å². The van der Waals surface area contributed by atoms with E-state index in [1.165, 1.54) is 38.1 Å². The van der Waals surface area contributed by atoms with Crippen LogP contribution in [-0.2, 0) is 19.1 Å². The first-order valence-corrected chi connectivity index (χ1v) is 16.1. The highest BCUT2D eigenvalue weighted by Gasteiger charge is 2.84. The van der Waals surface area contributed by atoms with Gasteiger partial charge in [-0.05, 0) is 55.5 Å². The third-order valence-electron chi connectivity index (χ3n) is 8.73. The van der Waals surface area contributed by atoms with Crippen LogP contribution in [0.5, 0.6) is 0 Å². The van der Waals surface area contributed by atoms with Gasteiger partial charge in [0.15, 0.2) is 0 Å². The Balaban J connectivity index is 1.78. The molecule has 1 aromatic carbocycles. The van der Waals surface area contributed by atoms with Crippen LogP contribution in [0.2, 0.25) is 0 Å². The summed E-state index contributed by atoms with van der Waals surface area (Å²) in [4.78, 5) is 67.5. The monoisotopic (exact) mass is 746 g/mol. The number of carbonyl (C=O) groups is 5. The van der Waals surface area contributed by atoms with Crippen molar-refractivity contribution >= 4 is 29.4 Å². The number of likely N-dealkylation sites (tertiary alicyclic amines) is 1. The zero-order valence-electron chi connectivity index (χ0n) is 28.1. The number of imide groups is 1. The normalized spacial score (nSPS) is 19.4. The molecule has 286 valence electrons. The molecule has 2 aliphatic heterocycles. The van der Waals surface area contributed by atoms with Crippen molar-refractivity contribution in [3.05, 3.63) is 35.4 Å². The van der Waals surface area contributed by atoms with Crippen LogP contribution in [0.15, 0.2) is 24.3 Å². The smallest absolute Gasteiger partial charge is 0.378 e. The average molecular weight is 747 g/mol. The van der Waals surface area contributed by atoms with Crippen molar-refractivity contribution in [2.45, 2.75) is 89.0 Å². The van der Waals surface area contributed by atoms with Crippen molar-refractivity contribution in [1.82, 2.24) is 20.4 Å². The lowest BCUT2D eigenvalue weighted by atomic mass is 9.86. The molecule has 1 aromatic rings. The Morgan fingerprint density at radius 3 is 1.82 bits per heavy atom. The van der Waals surface area contributed by atoms with E-state index in [9.17, 15) is 63.5 Å². The van der Waals surface area contributed by atoms with Gasteiger partial charge in [0.1, 0.15) is 6.04 Å². The predicted octanol–water partition coefficient (Wildman–Crippen LogP) is 4.47. The Morgan fingerprint density at radius 1 is 0.765 bits per heavy atom. The summed E-state index contributed by atoms with van der Waals surface area (Å²) in [6.07, 6.45) is -7.06. The van der Waals surface area contributed by atoms with Gasteiger partial charge in [-0.1, -0.05) is 34.1 Å². The zero-order chi connectivity index (χ0) is 38.7. The lowest BCUT2D eigenvalue weighted by Crippen LogP contribution is -2.68. The van der Waals surface area contributed by atoms with Crippen LogP contribution in [0.1, 0.15) is 67.7 Å². The van der Waals surface area contributed by atoms with Gasteiger partial charge in [-0.3, -0.25) is 34.2 Å². The number of rotatable bonds is 12. The lowest BCUT2D eigenvalue weighted by Gasteiger charge is -2.43. The quantitative estimate of drug-likeness (QED) is 0.303. The van der Waals surface area contributed by atoms with Crippen molar-refractivity contribution in [3.8, 4) is 0 Å². The Kier molecular flexibility index (Phi) is 13.0. The number of piperidine rings is 1. The Morgan fingerprint density at radius 2 is 1.31 bits per heavy atom. The second-order valence-electron chi connectivity index (χ2n) is 13.1. The molecule has 3 rings (SSSR count). The molecule has 2 saturated heterocycles. The second kappa shape index (κ2) is 15.9. The number of halogens is 9. The molecule has 2 fully saturated rings. The van der Waals surface area contributed by atoms with E-state index in [-0.39, 0.29) is 30.7 Å². The molecule has 51 heavy (non-hydrogen) atoms. The Labute approximate surface area is 287 Å². The van der Waals surface area contributed by atoms with Gasteiger partial charge >= 0.3 is 23.9 Å². The highest BCUT2D eigenvalue weighted by molar-refractivity contribution is 6.04. The van der Waals surface area contributed by atoms with Gasteiger partial charge < -0.3 is 15.0 Å². The fraction of sp³-hybridized carbons (Fsp3) is 0.656. The third-order valence-corrected chi connectivity index (χ3v) is 8.73. The molecule has 0 saturated carbocycles. The van der Waals surface area contributed by atoms with E-state index >= 15 is 0 Å². The molecule has 3 atom stereocenters.